The Hall–Kier alpha value is -2.46. The summed E-state index contributed by atoms with van der Waals surface area (Å²) in [6, 6.07) is 26.1. The zero-order valence-corrected chi connectivity index (χ0v) is 19.2. The Bertz CT molecular complexity index is 848. The fraction of sp³-hybridized carbons (Fsp3) is 0.185. The topological polar surface area (TPSA) is 0 Å². The normalized spacial score (nSPS) is 11.0. The Balaban J connectivity index is 0.00000100. The molecule has 0 heterocycles. The number of hydrogen-bond acceptors (Lipinski definition) is 0. The van der Waals surface area contributed by atoms with Crippen molar-refractivity contribution in [2.75, 3.05) is 0 Å². The molecule has 0 saturated heterocycles. The number of alkyl halides is 1. The number of halogens is 2. The first-order chi connectivity index (χ1) is 14.0. The van der Waals surface area contributed by atoms with E-state index in [1.165, 1.54) is 5.56 Å². The van der Waals surface area contributed by atoms with Crippen LogP contribution in [0, 0.1) is 19.8 Å². The highest BCUT2D eigenvalue weighted by atomic mass is 35.5. The van der Waals surface area contributed by atoms with Crippen LogP contribution in [0.1, 0.15) is 43.0 Å². The lowest BCUT2D eigenvalue weighted by Gasteiger charge is -2.30. The Labute approximate surface area is 187 Å². The maximum atomic E-state index is 7.19. The zero-order valence-electron chi connectivity index (χ0n) is 17.7. The van der Waals surface area contributed by atoms with E-state index in [9.17, 15) is 0 Å². The maximum absolute atomic E-state index is 7.19. The molecule has 0 spiro atoms. The van der Waals surface area contributed by atoms with Gasteiger partial charge in [0, 0.05) is 10.6 Å². The van der Waals surface area contributed by atoms with E-state index in [0.717, 1.165) is 16.7 Å². The van der Waals surface area contributed by atoms with Crippen LogP contribution in [0.2, 0.25) is 5.02 Å². The minimum atomic E-state index is -0.798. The summed E-state index contributed by atoms with van der Waals surface area (Å²) in [5, 5.41) is 0.668. The second-order valence-corrected chi connectivity index (χ2v) is 6.75. The van der Waals surface area contributed by atoms with Gasteiger partial charge in [0.1, 0.15) is 4.87 Å². The minimum Gasteiger partial charge on any atom is -0.124 e. The summed E-state index contributed by atoms with van der Waals surface area (Å²) >= 11 is 13.6. The van der Waals surface area contributed by atoms with Gasteiger partial charge in [0.05, 0.1) is 0 Å². The highest BCUT2D eigenvalue weighted by Gasteiger charge is 2.35. The second-order valence-electron chi connectivity index (χ2n) is 5.78. The van der Waals surface area contributed by atoms with Crippen LogP contribution < -0.4 is 0 Å². The Morgan fingerprint density at radius 2 is 1.21 bits per heavy atom. The van der Waals surface area contributed by atoms with E-state index in [2.05, 4.69) is 50.6 Å². The summed E-state index contributed by atoms with van der Waals surface area (Å²) in [7, 11) is 0. The molecular formula is C27H30Cl2. The van der Waals surface area contributed by atoms with E-state index < -0.39 is 4.87 Å². The number of terminal acetylenes is 1. The molecule has 0 saturated carbocycles. The standard InChI is InChI=1S/C20H16Cl2.C3H6.C2H6.C2H2/c1-15-11-13-17(14-12-15)20(22,16-7-3-2-4-8-16)18-9-5-6-10-19(18)21;1-3-2;2*1-2/h2-14H,1H3;3H,1H2,2H3;1-2H3;1-2H. The van der Waals surface area contributed by atoms with Gasteiger partial charge in [-0.2, -0.15) is 0 Å². The molecule has 0 aromatic heterocycles. The number of allylic oxidation sites excluding steroid dienone is 1. The van der Waals surface area contributed by atoms with Crippen LogP contribution in [0.5, 0.6) is 0 Å². The highest BCUT2D eigenvalue weighted by Crippen LogP contribution is 2.45. The molecule has 0 bridgehead atoms. The van der Waals surface area contributed by atoms with Crippen LogP contribution in [0.25, 0.3) is 0 Å². The third-order valence-electron chi connectivity index (χ3n) is 3.87. The molecule has 0 N–H and O–H groups in total. The third-order valence-corrected chi connectivity index (χ3v) is 4.84. The van der Waals surface area contributed by atoms with Gasteiger partial charge in [-0.3, -0.25) is 0 Å². The van der Waals surface area contributed by atoms with Crippen LogP contribution >= 0.6 is 23.2 Å². The molecule has 0 nitrogen and oxygen atoms in total. The number of rotatable bonds is 3. The molecule has 3 aromatic carbocycles. The summed E-state index contributed by atoms with van der Waals surface area (Å²) in [6.45, 7) is 11.3. The van der Waals surface area contributed by atoms with E-state index in [1.807, 2.05) is 75.4 Å². The molecule has 1 atom stereocenters. The molecule has 0 amide bonds. The lowest BCUT2D eigenvalue weighted by atomic mass is 9.84. The van der Waals surface area contributed by atoms with E-state index in [-0.39, 0.29) is 0 Å². The molecule has 152 valence electrons. The van der Waals surface area contributed by atoms with Crippen molar-refractivity contribution in [2.45, 2.75) is 32.6 Å². The molecule has 0 fully saturated rings. The van der Waals surface area contributed by atoms with Gasteiger partial charge in [-0.25, -0.2) is 0 Å². The predicted molar refractivity (Wildman–Crippen MR) is 132 cm³/mol. The summed E-state index contributed by atoms with van der Waals surface area (Å²) in [5.74, 6) is 0. The van der Waals surface area contributed by atoms with Gasteiger partial charge in [0.25, 0.3) is 0 Å². The fourth-order valence-electron chi connectivity index (χ4n) is 2.67. The maximum Gasteiger partial charge on any atom is 0.121 e. The summed E-state index contributed by atoms with van der Waals surface area (Å²) < 4.78 is 0. The van der Waals surface area contributed by atoms with Crippen LogP contribution in [0.15, 0.2) is 91.5 Å². The van der Waals surface area contributed by atoms with E-state index in [1.54, 1.807) is 6.08 Å². The van der Waals surface area contributed by atoms with Crippen LogP contribution in [0.4, 0.5) is 0 Å². The lowest BCUT2D eigenvalue weighted by Crippen LogP contribution is -2.22. The van der Waals surface area contributed by atoms with E-state index >= 15 is 0 Å². The van der Waals surface area contributed by atoms with Gasteiger partial charge in [0.2, 0.25) is 0 Å². The molecule has 0 aliphatic carbocycles. The van der Waals surface area contributed by atoms with Crippen molar-refractivity contribution in [1.82, 2.24) is 0 Å². The van der Waals surface area contributed by atoms with Crippen molar-refractivity contribution in [3.8, 4) is 12.8 Å². The quantitative estimate of drug-likeness (QED) is 0.170. The first-order valence-corrected chi connectivity index (χ1v) is 10.3. The lowest BCUT2D eigenvalue weighted by molar-refractivity contribution is 0.879. The Morgan fingerprint density at radius 1 is 0.793 bits per heavy atom. The van der Waals surface area contributed by atoms with Crippen molar-refractivity contribution in [1.29, 1.82) is 0 Å². The average molecular weight is 425 g/mol. The summed E-state index contributed by atoms with van der Waals surface area (Å²) in [5.41, 5.74) is 4.12. The van der Waals surface area contributed by atoms with E-state index in [0.29, 0.717) is 5.02 Å². The number of benzene rings is 3. The molecule has 0 radical (unpaired) electrons. The predicted octanol–water partition coefficient (Wildman–Crippen LogP) is 8.65. The SMILES string of the molecule is C#C.C=CC.CC.Cc1ccc(C(Cl)(c2ccccc2)c2ccccc2Cl)cc1. The van der Waals surface area contributed by atoms with Crippen LogP contribution in [-0.4, -0.2) is 0 Å². The molecular weight excluding hydrogens is 395 g/mol. The smallest absolute Gasteiger partial charge is 0.121 e. The largest absolute Gasteiger partial charge is 0.124 e. The van der Waals surface area contributed by atoms with Crippen molar-refractivity contribution in [2.24, 2.45) is 0 Å². The summed E-state index contributed by atoms with van der Waals surface area (Å²) in [4.78, 5) is -0.798. The third kappa shape index (κ3) is 7.13. The van der Waals surface area contributed by atoms with Gasteiger partial charge in [-0.1, -0.05) is 110 Å². The number of hydrogen-bond donors (Lipinski definition) is 0. The van der Waals surface area contributed by atoms with Crippen LogP contribution in [0.3, 0.4) is 0 Å². The van der Waals surface area contributed by atoms with Crippen molar-refractivity contribution < 1.29 is 0 Å². The average Bonchev–Trinajstić information content (AvgIpc) is 2.78. The Kier molecular flexibility index (Phi) is 13.3. The minimum absolute atomic E-state index is 0.668. The first-order valence-electron chi connectivity index (χ1n) is 9.51. The monoisotopic (exact) mass is 424 g/mol. The van der Waals surface area contributed by atoms with Crippen molar-refractivity contribution >= 4 is 23.2 Å². The van der Waals surface area contributed by atoms with Gasteiger partial charge in [-0.15, -0.1) is 31.0 Å². The summed E-state index contributed by atoms with van der Waals surface area (Å²) in [6.07, 6.45) is 9.75. The zero-order chi connectivity index (χ0) is 22.3. The molecule has 0 aliphatic heterocycles. The van der Waals surface area contributed by atoms with Gasteiger partial charge >= 0.3 is 0 Å². The molecule has 0 aliphatic rings. The molecule has 3 rings (SSSR count). The van der Waals surface area contributed by atoms with Crippen molar-refractivity contribution in [3.05, 3.63) is 119 Å². The number of aryl methyl sites for hydroxylation is 1. The van der Waals surface area contributed by atoms with E-state index in [4.69, 9.17) is 23.2 Å². The highest BCUT2D eigenvalue weighted by molar-refractivity contribution is 6.34. The van der Waals surface area contributed by atoms with Gasteiger partial charge < -0.3 is 0 Å². The van der Waals surface area contributed by atoms with Gasteiger partial charge in [-0.05, 0) is 31.0 Å². The molecule has 1 unspecified atom stereocenters. The molecule has 29 heavy (non-hydrogen) atoms. The van der Waals surface area contributed by atoms with Crippen LogP contribution in [-0.2, 0) is 4.87 Å². The Morgan fingerprint density at radius 3 is 1.69 bits per heavy atom. The first kappa shape index (κ1) is 26.5. The van der Waals surface area contributed by atoms with Crippen molar-refractivity contribution in [3.63, 3.8) is 0 Å². The fourth-order valence-corrected chi connectivity index (χ4v) is 3.41. The second kappa shape index (κ2) is 14.5. The molecule has 3 aromatic rings. The molecule has 2 heteroatoms. The van der Waals surface area contributed by atoms with Gasteiger partial charge in [0.15, 0.2) is 0 Å².